The molecule has 1 aliphatic heterocycles. The van der Waals surface area contributed by atoms with E-state index in [9.17, 15) is 4.79 Å². The average Bonchev–Trinajstić information content (AvgIpc) is 2.73. The standard InChI is InChI=1S/C18H21N5O/c1-11-4-5-14(21-10-11)22-12-8-13(9-12)23-16-15(19-6-7-20-16)18(2,3)17(23)24/h4-7,10,12-13H,8-9H2,1-3H3,(H,21,22)/t12-,13-. The van der Waals surface area contributed by atoms with E-state index in [4.69, 9.17) is 0 Å². The Hall–Kier alpha value is -2.50. The van der Waals surface area contributed by atoms with Crippen LogP contribution in [0, 0.1) is 6.92 Å². The van der Waals surface area contributed by atoms with Crippen molar-refractivity contribution in [1.29, 1.82) is 0 Å². The highest BCUT2D eigenvalue weighted by molar-refractivity contribution is 6.06. The zero-order valence-corrected chi connectivity index (χ0v) is 14.2. The maximum atomic E-state index is 12.8. The lowest BCUT2D eigenvalue weighted by atomic mass is 9.84. The molecule has 2 aromatic rings. The summed E-state index contributed by atoms with van der Waals surface area (Å²) in [5.41, 5.74) is 1.33. The van der Waals surface area contributed by atoms with Crippen molar-refractivity contribution in [2.45, 2.75) is 51.1 Å². The molecule has 6 nitrogen and oxygen atoms in total. The summed E-state index contributed by atoms with van der Waals surface area (Å²) in [6, 6.07) is 4.55. The third-order valence-corrected chi connectivity index (χ3v) is 4.99. The number of nitrogens with zero attached hydrogens (tertiary/aromatic N) is 4. The number of carbonyl (C=O) groups is 1. The number of nitrogens with one attached hydrogen (secondary N) is 1. The molecule has 0 bridgehead atoms. The SMILES string of the molecule is Cc1ccc(N[C@H]2C[C@H](N3C(=O)C(C)(C)c4nccnc43)C2)nc1. The Morgan fingerprint density at radius 2 is 1.92 bits per heavy atom. The fraction of sp³-hybridized carbons (Fsp3) is 0.444. The zero-order valence-electron chi connectivity index (χ0n) is 14.2. The first-order valence-corrected chi connectivity index (χ1v) is 8.31. The van der Waals surface area contributed by atoms with E-state index in [1.54, 1.807) is 12.4 Å². The first-order chi connectivity index (χ1) is 11.5. The van der Waals surface area contributed by atoms with E-state index in [0.717, 1.165) is 35.7 Å². The Labute approximate surface area is 141 Å². The second-order valence-electron chi connectivity index (χ2n) is 7.22. The summed E-state index contributed by atoms with van der Waals surface area (Å²) in [6.07, 6.45) is 6.97. The van der Waals surface area contributed by atoms with Crippen molar-refractivity contribution in [1.82, 2.24) is 15.0 Å². The maximum Gasteiger partial charge on any atom is 0.240 e. The number of carbonyl (C=O) groups excluding carboxylic acids is 1. The van der Waals surface area contributed by atoms with Gasteiger partial charge in [0.25, 0.3) is 0 Å². The number of anilines is 2. The number of aromatic nitrogens is 3. The van der Waals surface area contributed by atoms with Crippen LogP contribution in [0.2, 0.25) is 0 Å². The van der Waals surface area contributed by atoms with E-state index < -0.39 is 5.41 Å². The monoisotopic (exact) mass is 323 g/mol. The van der Waals surface area contributed by atoms with Gasteiger partial charge in [-0.25, -0.2) is 9.97 Å². The molecule has 1 aliphatic carbocycles. The van der Waals surface area contributed by atoms with Gasteiger partial charge in [0.15, 0.2) is 5.82 Å². The number of fused-ring (bicyclic) bond motifs is 1. The molecule has 1 amide bonds. The van der Waals surface area contributed by atoms with E-state index in [0.29, 0.717) is 6.04 Å². The Bertz CT molecular complexity index is 780. The van der Waals surface area contributed by atoms with E-state index >= 15 is 0 Å². The highest BCUT2D eigenvalue weighted by Gasteiger charge is 2.51. The van der Waals surface area contributed by atoms with Gasteiger partial charge in [-0.1, -0.05) is 6.07 Å². The molecule has 1 N–H and O–H groups in total. The van der Waals surface area contributed by atoms with Crippen molar-refractivity contribution >= 4 is 17.5 Å². The molecule has 0 radical (unpaired) electrons. The van der Waals surface area contributed by atoms with Crippen LogP contribution in [0.4, 0.5) is 11.6 Å². The van der Waals surface area contributed by atoms with Crippen LogP contribution in [0.5, 0.6) is 0 Å². The molecular formula is C18H21N5O. The number of pyridine rings is 1. The summed E-state index contributed by atoms with van der Waals surface area (Å²) < 4.78 is 0. The lowest BCUT2D eigenvalue weighted by Gasteiger charge is -2.41. The van der Waals surface area contributed by atoms with Crippen LogP contribution in [0.15, 0.2) is 30.7 Å². The summed E-state index contributed by atoms with van der Waals surface area (Å²) in [7, 11) is 0. The van der Waals surface area contributed by atoms with E-state index in [1.807, 2.05) is 44.0 Å². The molecule has 2 aliphatic rings. The third-order valence-electron chi connectivity index (χ3n) is 4.99. The molecule has 0 spiro atoms. The molecule has 3 heterocycles. The lowest BCUT2D eigenvalue weighted by molar-refractivity contribution is -0.123. The number of aryl methyl sites for hydroxylation is 1. The Morgan fingerprint density at radius 3 is 2.62 bits per heavy atom. The van der Waals surface area contributed by atoms with Crippen molar-refractivity contribution in [2.75, 3.05) is 10.2 Å². The van der Waals surface area contributed by atoms with E-state index in [2.05, 4.69) is 20.3 Å². The second-order valence-corrected chi connectivity index (χ2v) is 7.22. The van der Waals surface area contributed by atoms with Crippen molar-refractivity contribution in [3.05, 3.63) is 42.0 Å². The van der Waals surface area contributed by atoms with Gasteiger partial charge in [0.1, 0.15) is 5.82 Å². The molecular weight excluding hydrogens is 302 g/mol. The smallest absolute Gasteiger partial charge is 0.240 e. The van der Waals surface area contributed by atoms with Gasteiger partial charge in [-0.15, -0.1) is 0 Å². The summed E-state index contributed by atoms with van der Waals surface area (Å²) >= 11 is 0. The number of rotatable bonds is 3. The second kappa shape index (κ2) is 5.26. The van der Waals surface area contributed by atoms with Gasteiger partial charge in [0.05, 0.1) is 11.1 Å². The van der Waals surface area contributed by atoms with Gasteiger partial charge in [-0.05, 0) is 45.2 Å². The number of hydrogen-bond donors (Lipinski definition) is 1. The van der Waals surface area contributed by atoms with E-state index in [-0.39, 0.29) is 11.9 Å². The van der Waals surface area contributed by atoms with Crippen molar-refractivity contribution in [2.24, 2.45) is 0 Å². The molecule has 6 heteroatoms. The number of hydrogen-bond acceptors (Lipinski definition) is 5. The minimum Gasteiger partial charge on any atom is -0.367 e. The van der Waals surface area contributed by atoms with Crippen LogP contribution in [0.3, 0.4) is 0 Å². The quantitative estimate of drug-likeness (QED) is 0.939. The van der Waals surface area contributed by atoms with Gasteiger partial charge in [-0.3, -0.25) is 14.7 Å². The average molecular weight is 323 g/mol. The van der Waals surface area contributed by atoms with Crippen LogP contribution >= 0.6 is 0 Å². The molecule has 124 valence electrons. The van der Waals surface area contributed by atoms with Gasteiger partial charge in [0.2, 0.25) is 5.91 Å². The fourth-order valence-electron chi connectivity index (χ4n) is 3.46. The summed E-state index contributed by atoms with van der Waals surface area (Å²) in [6.45, 7) is 5.87. The van der Waals surface area contributed by atoms with Crippen molar-refractivity contribution < 1.29 is 4.79 Å². The lowest BCUT2D eigenvalue weighted by Crippen LogP contribution is -2.53. The molecule has 0 unspecified atom stereocenters. The Balaban J connectivity index is 1.47. The van der Waals surface area contributed by atoms with Gasteiger partial charge in [-0.2, -0.15) is 0 Å². The van der Waals surface area contributed by atoms with Crippen molar-refractivity contribution in [3.63, 3.8) is 0 Å². The molecule has 0 saturated heterocycles. The largest absolute Gasteiger partial charge is 0.367 e. The van der Waals surface area contributed by atoms with Crippen LogP contribution < -0.4 is 10.2 Å². The fourth-order valence-corrected chi connectivity index (χ4v) is 3.46. The minimum absolute atomic E-state index is 0.0978. The molecule has 2 aromatic heterocycles. The highest BCUT2D eigenvalue weighted by atomic mass is 16.2. The predicted molar refractivity (Wildman–Crippen MR) is 92.0 cm³/mol. The molecule has 0 atom stereocenters. The van der Waals surface area contributed by atoms with Crippen molar-refractivity contribution in [3.8, 4) is 0 Å². The zero-order chi connectivity index (χ0) is 16.9. The van der Waals surface area contributed by atoms with Gasteiger partial charge < -0.3 is 5.32 Å². The van der Waals surface area contributed by atoms with Crippen LogP contribution in [0.1, 0.15) is 37.9 Å². The molecule has 0 aromatic carbocycles. The van der Waals surface area contributed by atoms with Crippen LogP contribution in [-0.2, 0) is 10.2 Å². The normalized spacial score (nSPS) is 24.5. The Kier molecular flexibility index (Phi) is 3.30. The highest BCUT2D eigenvalue weighted by Crippen LogP contribution is 2.43. The molecule has 24 heavy (non-hydrogen) atoms. The van der Waals surface area contributed by atoms with Gasteiger partial charge in [0, 0.05) is 30.7 Å². The van der Waals surface area contributed by atoms with Gasteiger partial charge >= 0.3 is 0 Å². The summed E-state index contributed by atoms with van der Waals surface area (Å²) in [5, 5.41) is 3.43. The maximum absolute atomic E-state index is 12.8. The first kappa shape index (κ1) is 15.1. The van der Waals surface area contributed by atoms with Crippen LogP contribution in [0.25, 0.3) is 0 Å². The molecule has 4 rings (SSSR count). The summed E-state index contributed by atoms with van der Waals surface area (Å²) in [4.78, 5) is 27.9. The van der Waals surface area contributed by atoms with E-state index in [1.165, 1.54) is 0 Å². The topological polar surface area (TPSA) is 71.0 Å². The first-order valence-electron chi connectivity index (χ1n) is 8.31. The molecule has 1 saturated carbocycles. The minimum atomic E-state index is -0.597. The summed E-state index contributed by atoms with van der Waals surface area (Å²) in [5.74, 6) is 1.71. The Morgan fingerprint density at radius 1 is 1.17 bits per heavy atom. The van der Waals surface area contributed by atoms with Crippen LogP contribution in [-0.4, -0.2) is 32.9 Å². The predicted octanol–water partition coefficient (Wildman–Crippen LogP) is 2.45. The molecule has 1 fully saturated rings. The number of amides is 1. The third kappa shape index (κ3) is 2.25.